The second-order valence-corrected chi connectivity index (χ2v) is 25.9. The van der Waals surface area contributed by atoms with Crippen molar-refractivity contribution >= 4 is 80.7 Å². The van der Waals surface area contributed by atoms with Gasteiger partial charge in [-0.1, -0.05) is 47.6 Å². The van der Waals surface area contributed by atoms with Crippen LogP contribution < -0.4 is 35.0 Å². The molecule has 2 N–H and O–H groups in total. The van der Waals surface area contributed by atoms with Crippen molar-refractivity contribution in [1.29, 1.82) is 0 Å². The number of thiazole rings is 1. The SMILES string of the molecule is COc1ccc(COC(=O)C2=C(C[N+]3(Cc4ccc5c(c4)c(=O)c(OCc4ccc(OC)cc4)cn5C)CCCC3)CS[C@@H]3[C@H](NC(=O)C(=NO[C@@H](CC(=O)OC(C)(C)C)C(=O)OCc4ccc(OC)cc4)c4csc(NC(=O)OC(C)(C)C)n4)C(=O)N23)cc1. The molecule has 25 heteroatoms. The number of fused-ring (bicyclic) bond motifs is 2. The largest absolute Gasteiger partial charge is 0.497 e. The molecule has 2 fully saturated rings. The van der Waals surface area contributed by atoms with Gasteiger partial charge in [0.1, 0.15) is 84.2 Å². The Morgan fingerprint density at radius 1 is 0.744 bits per heavy atom. The van der Waals surface area contributed by atoms with Crippen LogP contribution in [0, 0.1) is 0 Å². The van der Waals surface area contributed by atoms with Gasteiger partial charge in [-0.25, -0.2) is 19.4 Å². The number of benzene rings is 4. The van der Waals surface area contributed by atoms with Crippen LogP contribution in [0.15, 0.2) is 124 Å². The van der Waals surface area contributed by atoms with Crippen molar-refractivity contribution in [1.82, 2.24) is 19.8 Å². The molecule has 2 saturated heterocycles. The molecule has 5 heterocycles. The molecule has 0 aliphatic carbocycles. The molecule has 0 saturated carbocycles. The first-order valence-electron chi connectivity index (χ1n) is 29.1. The van der Waals surface area contributed by atoms with Crippen molar-refractivity contribution in [3.8, 4) is 23.0 Å². The van der Waals surface area contributed by atoms with Gasteiger partial charge in [0.15, 0.2) is 16.6 Å². The van der Waals surface area contributed by atoms with Crippen molar-refractivity contribution < 1.29 is 76.0 Å². The quantitative estimate of drug-likeness (QED) is 0.0143. The Morgan fingerprint density at radius 3 is 1.91 bits per heavy atom. The van der Waals surface area contributed by atoms with Crippen LogP contribution in [0.3, 0.4) is 0 Å². The van der Waals surface area contributed by atoms with Gasteiger partial charge < -0.3 is 57.1 Å². The van der Waals surface area contributed by atoms with Crippen LogP contribution in [0.4, 0.5) is 9.93 Å². The summed E-state index contributed by atoms with van der Waals surface area (Å²) in [7, 11) is 6.52. The Hall–Kier alpha value is -8.94. The average Bonchev–Trinajstić information content (AvgIpc) is 0.764. The van der Waals surface area contributed by atoms with Crippen LogP contribution in [-0.4, -0.2) is 136 Å². The lowest BCUT2D eigenvalue weighted by Gasteiger charge is -2.50. The number of aromatic nitrogens is 2. The number of aryl methyl sites for hydroxylation is 1. The van der Waals surface area contributed by atoms with E-state index in [1.54, 1.807) is 110 Å². The fourth-order valence-corrected chi connectivity index (χ4v) is 12.5. The fraction of sp³-hybridized carbons (Fsp3) is 0.400. The molecule has 0 unspecified atom stereocenters. The van der Waals surface area contributed by atoms with Gasteiger partial charge in [0.25, 0.3) is 11.8 Å². The standard InChI is InChI=1S/C65H73N7O16S2/c1-64(2,3)86-52(73)30-50(60(77)84-35-40-15-22-45(81-9)23-16-40)88-69-53(48-38-90-62(66-48)68-63(79)87-65(4,5)6)57(75)67-54-58(76)71-55(61(78)85-36-41-17-24-46(82-10)25-18-41)43(37-89-59(54)71)33-72(27-11-12-28-72)32-42-19-26-49-47(29-42)56(74)51(31-70(49)7)83-34-39-13-20-44(80-8)21-14-39/h13-26,29,31,38,50,54,59H,11-12,27-28,30,32-37H2,1-10H3,(H-,66,67,68,75,79)/p+1/t50-,54+,59+/m0/s1. The highest BCUT2D eigenvalue weighted by molar-refractivity contribution is 8.00. The molecule has 0 radical (unpaired) electrons. The third-order valence-corrected chi connectivity index (χ3v) is 16.9. The normalized spacial score (nSPS) is 16.7. The second-order valence-electron chi connectivity index (χ2n) is 23.9. The smallest absolute Gasteiger partial charge is 0.413 e. The summed E-state index contributed by atoms with van der Waals surface area (Å²) in [5, 5.41) is 10.5. The number of carbonyl (C=O) groups excluding carboxylic acids is 6. The zero-order valence-electron chi connectivity index (χ0n) is 51.9. The number of nitrogens with zero attached hydrogens (tertiary/aromatic N) is 5. The molecule has 3 atom stereocenters. The number of hydrogen-bond donors (Lipinski definition) is 2. The summed E-state index contributed by atoms with van der Waals surface area (Å²) >= 11 is 2.26. The van der Waals surface area contributed by atoms with Gasteiger partial charge >= 0.3 is 24.0 Å². The van der Waals surface area contributed by atoms with E-state index in [-0.39, 0.29) is 53.3 Å². The summed E-state index contributed by atoms with van der Waals surface area (Å²) in [6.45, 7) is 12.2. The lowest BCUT2D eigenvalue weighted by atomic mass is 10.0. The maximum absolute atomic E-state index is 14.8. The van der Waals surface area contributed by atoms with Gasteiger partial charge in [-0.05, 0) is 107 Å². The number of anilines is 1. The molecule has 476 valence electrons. The van der Waals surface area contributed by atoms with Crippen molar-refractivity contribution in [2.75, 3.05) is 52.0 Å². The average molecular weight is 1270 g/mol. The zero-order valence-corrected chi connectivity index (χ0v) is 53.5. The third kappa shape index (κ3) is 16.5. The molecule has 0 spiro atoms. The number of likely N-dealkylation sites (tertiary alicyclic amines) is 1. The van der Waals surface area contributed by atoms with Crippen LogP contribution in [-0.2, 0) is 81.2 Å². The van der Waals surface area contributed by atoms with Crippen LogP contribution in [0.1, 0.15) is 88.8 Å². The molecule has 2 aromatic heterocycles. The van der Waals surface area contributed by atoms with Crippen LogP contribution in [0.5, 0.6) is 23.0 Å². The predicted molar refractivity (Wildman–Crippen MR) is 336 cm³/mol. The molecule has 3 amide bonds. The summed E-state index contributed by atoms with van der Waals surface area (Å²) in [6, 6.07) is 25.8. The number of oxime groups is 1. The van der Waals surface area contributed by atoms with Crippen molar-refractivity contribution in [3.05, 3.63) is 152 Å². The van der Waals surface area contributed by atoms with Gasteiger partial charge in [-0.3, -0.25) is 29.4 Å². The van der Waals surface area contributed by atoms with E-state index >= 15 is 0 Å². The highest BCUT2D eigenvalue weighted by Gasteiger charge is 2.56. The number of β-lactam (4-membered cyclic amide) rings is 1. The van der Waals surface area contributed by atoms with E-state index in [1.807, 2.05) is 54.1 Å². The Balaban J connectivity index is 0.999. The number of nitrogens with one attached hydrogen (secondary N) is 2. The van der Waals surface area contributed by atoms with Gasteiger partial charge in [0.05, 0.1) is 57.9 Å². The Bertz CT molecular complexity index is 3750. The third-order valence-electron chi connectivity index (χ3n) is 14.8. The van der Waals surface area contributed by atoms with E-state index in [4.69, 9.17) is 42.7 Å². The zero-order chi connectivity index (χ0) is 64.5. The van der Waals surface area contributed by atoms with Crippen LogP contribution in [0.2, 0.25) is 0 Å². The van der Waals surface area contributed by atoms with E-state index in [0.717, 1.165) is 53.9 Å². The number of amides is 3. The van der Waals surface area contributed by atoms with E-state index < -0.39 is 76.7 Å². The monoisotopic (exact) mass is 1270 g/mol. The summed E-state index contributed by atoms with van der Waals surface area (Å²) in [5.74, 6) is -1.86. The van der Waals surface area contributed by atoms with E-state index in [9.17, 15) is 33.6 Å². The number of ether oxygens (including phenoxy) is 8. The fourth-order valence-electron chi connectivity index (χ4n) is 10.5. The Kier molecular flexibility index (Phi) is 20.6. The minimum atomic E-state index is -1.76. The molecule has 4 aromatic carbocycles. The number of esters is 3. The van der Waals surface area contributed by atoms with Gasteiger partial charge in [0.2, 0.25) is 11.5 Å². The molecule has 9 rings (SSSR count). The maximum Gasteiger partial charge on any atom is 0.413 e. The number of rotatable bonds is 24. The molecular formula is C65H74N7O16S2+. The van der Waals surface area contributed by atoms with Crippen molar-refractivity contribution in [3.63, 3.8) is 0 Å². The maximum atomic E-state index is 14.8. The predicted octanol–water partition coefficient (Wildman–Crippen LogP) is 8.72. The molecule has 6 aromatic rings. The molecule has 0 bridgehead atoms. The lowest BCUT2D eigenvalue weighted by molar-refractivity contribution is -0.925. The summed E-state index contributed by atoms with van der Waals surface area (Å²) in [6.07, 6.45) is 0.199. The number of carbonyl (C=O) groups is 6. The highest BCUT2D eigenvalue weighted by atomic mass is 32.2. The van der Waals surface area contributed by atoms with E-state index in [1.165, 1.54) is 29.2 Å². The number of quaternary nitrogens is 1. The minimum Gasteiger partial charge on any atom is -0.497 e. The molecular weight excluding hydrogens is 1200 g/mol. The summed E-state index contributed by atoms with van der Waals surface area (Å²) in [4.78, 5) is 110. The topological polar surface area (TPSA) is 260 Å². The number of thioether (sulfide) groups is 1. The first-order valence-corrected chi connectivity index (χ1v) is 31.1. The van der Waals surface area contributed by atoms with E-state index in [0.29, 0.717) is 56.9 Å². The van der Waals surface area contributed by atoms with Crippen LogP contribution in [0.25, 0.3) is 10.9 Å². The lowest BCUT2D eigenvalue weighted by Crippen LogP contribution is -2.71. The van der Waals surface area contributed by atoms with Crippen LogP contribution >= 0.6 is 23.1 Å². The molecule has 90 heavy (non-hydrogen) atoms. The minimum absolute atomic E-state index is 0.00289. The Morgan fingerprint density at radius 2 is 1.32 bits per heavy atom. The first-order chi connectivity index (χ1) is 42.9. The molecule has 23 nitrogen and oxygen atoms in total. The number of methoxy groups -OCH3 is 3. The summed E-state index contributed by atoms with van der Waals surface area (Å²) in [5.41, 5.74) is 1.72. The van der Waals surface area contributed by atoms with Gasteiger partial charge in [0, 0.05) is 42.2 Å². The molecule has 3 aliphatic rings. The van der Waals surface area contributed by atoms with Crippen molar-refractivity contribution in [2.45, 2.75) is 116 Å². The van der Waals surface area contributed by atoms with Gasteiger partial charge in [-0.15, -0.1) is 23.1 Å². The van der Waals surface area contributed by atoms with E-state index in [2.05, 4.69) is 20.8 Å². The molecule has 3 aliphatic heterocycles. The highest BCUT2D eigenvalue weighted by Crippen LogP contribution is 2.43. The van der Waals surface area contributed by atoms with Gasteiger partial charge in [-0.2, -0.15) is 0 Å². The number of hydrogen-bond acceptors (Lipinski definition) is 20. The second kappa shape index (κ2) is 28.3. The Labute approximate surface area is 529 Å². The number of pyridine rings is 1. The van der Waals surface area contributed by atoms with Crippen molar-refractivity contribution in [2.24, 2.45) is 12.2 Å². The first kappa shape index (κ1) is 65.5. The summed E-state index contributed by atoms with van der Waals surface area (Å²) < 4.78 is 46.9.